The first kappa shape index (κ1) is 14.7. The van der Waals surface area contributed by atoms with Crippen LogP contribution in [0.25, 0.3) is 33.2 Å². The van der Waals surface area contributed by atoms with Crippen LogP contribution in [0.3, 0.4) is 0 Å². The number of benzene rings is 1. The zero-order chi connectivity index (χ0) is 16.8. The smallest absolute Gasteiger partial charge is 0.251 e. The van der Waals surface area contributed by atoms with E-state index in [1.165, 1.54) is 0 Å². The third-order valence-electron chi connectivity index (χ3n) is 4.45. The molecule has 0 saturated carbocycles. The molecule has 3 aromatic heterocycles. The summed E-state index contributed by atoms with van der Waals surface area (Å²) >= 11 is 0. The summed E-state index contributed by atoms with van der Waals surface area (Å²) < 4.78 is 10.6. The molecule has 0 spiro atoms. The summed E-state index contributed by atoms with van der Waals surface area (Å²) in [6, 6.07) is 11.7. The van der Waals surface area contributed by atoms with Gasteiger partial charge in [-0.2, -0.15) is 5.10 Å². The number of hydrogen-bond acceptors (Lipinski definition) is 3. The molecule has 122 valence electrons. The topological polar surface area (TPSA) is 54.0 Å². The van der Waals surface area contributed by atoms with Gasteiger partial charge in [-0.1, -0.05) is 6.07 Å². The van der Waals surface area contributed by atoms with Gasteiger partial charge in [0, 0.05) is 49.8 Å². The van der Waals surface area contributed by atoms with Gasteiger partial charge in [0.1, 0.15) is 12.4 Å². The Kier molecular flexibility index (Phi) is 3.28. The minimum atomic E-state index is -0.00746. The van der Waals surface area contributed by atoms with Crippen molar-refractivity contribution in [3.8, 4) is 11.3 Å². The zero-order valence-corrected chi connectivity index (χ0v) is 13.9. The van der Waals surface area contributed by atoms with Crippen molar-refractivity contribution in [3.05, 3.63) is 52.9 Å². The van der Waals surface area contributed by atoms with E-state index in [0.29, 0.717) is 6.73 Å². The van der Waals surface area contributed by atoms with E-state index in [-0.39, 0.29) is 5.56 Å². The highest BCUT2D eigenvalue weighted by Crippen LogP contribution is 2.30. The van der Waals surface area contributed by atoms with Crippen LogP contribution in [0.5, 0.6) is 0 Å². The molecule has 6 nitrogen and oxygen atoms in total. The maximum absolute atomic E-state index is 11.9. The molecule has 0 aliphatic heterocycles. The molecule has 6 heteroatoms. The highest BCUT2D eigenvalue weighted by molar-refractivity contribution is 6.08. The van der Waals surface area contributed by atoms with E-state index in [1.54, 1.807) is 29.5 Å². The van der Waals surface area contributed by atoms with Gasteiger partial charge in [-0.3, -0.25) is 9.36 Å². The Bertz CT molecular complexity index is 1120. The molecule has 1 aromatic carbocycles. The van der Waals surface area contributed by atoms with Crippen molar-refractivity contribution in [2.75, 3.05) is 7.11 Å². The van der Waals surface area contributed by atoms with Crippen molar-refractivity contribution in [3.63, 3.8) is 0 Å². The molecular weight excluding hydrogens is 304 g/mol. The number of methoxy groups -OCH3 is 1. The summed E-state index contributed by atoms with van der Waals surface area (Å²) in [5.41, 5.74) is 3.94. The lowest BCUT2D eigenvalue weighted by Gasteiger charge is -2.03. The normalized spacial score (nSPS) is 11.6. The number of aryl methyl sites for hydroxylation is 2. The number of hydrogen-bond donors (Lipinski definition) is 0. The molecule has 0 radical (unpaired) electrons. The van der Waals surface area contributed by atoms with Crippen molar-refractivity contribution in [1.82, 2.24) is 18.9 Å². The molecule has 0 saturated heterocycles. The molecule has 0 atom stereocenters. The Morgan fingerprint density at radius 3 is 2.67 bits per heavy atom. The number of nitrogens with zero attached hydrogens (tertiary/aromatic N) is 4. The fourth-order valence-corrected chi connectivity index (χ4v) is 3.28. The van der Waals surface area contributed by atoms with E-state index in [1.807, 2.05) is 25.4 Å². The van der Waals surface area contributed by atoms with Gasteiger partial charge >= 0.3 is 0 Å². The molecule has 0 fully saturated rings. The van der Waals surface area contributed by atoms with E-state index in [9.17, 15) is 4.79 Å². The van der Waals surface area contributed by atoms with Gasteiger partial charge in [-0.15, -0.1) is 0 Å². The first-order valence-electron chi connectivity index (χ1n) is 7.71. The minimum Gasteiger partial charge on any atom is -0.362 e. The third-order valence-corrected chi connectivity index (χ3v) is 4.45. The lowest BCUT2D eigenvalue weighted by atomic mass is 10.1. The predicted octanol–water partition coefficient (Wildman–Crippen LogP) is 2.50. The van der Waals surface area contributed by atoms with Gasteiger partial charge in [0.15, 0.2) is 0 Å². The summed E-state index contributed by atoms with van der Waals surface area (Å²) in [5, 5.41) is 6.70. The van der Waals surface area contributed by atoms with Crippen LogP contribution in [0.15, 0.2) is 47.4 Å². The Morgan fingerprint density at radius 2 is 1.88 bits per heavy atom. The van der Waals surface area contributed by atoms with Crippen LogP contribution >= 0.6 is 0 Å². The molecule has 0 N–H and O–H groups in total. The average molecular weight is 322 g/mol. The van der Waals surface area contributed by atoms with E-state index in [0.717, 1.165) is 33.2 Å². The Labute approximate surface area is 138 Å². The largest absolute Gasteiger partial charge is 0.362 e. The van der Waals surface area contributed by atoms with Crippen LogP contribution in [0.1, 0.15) is 0 Å². The van der Waals surface area contributed by atoms with E-state index in [4.69, 9.17) is 4.74 Å². The standard InChI is InChI=1S/C18H18N4O2/c1-20-16-6-4-12(15-8-9-22(19-15)11-24-3)10-14(16)13-5-7-17(23)21(2)18(13)20/h4-10H,11H2,1-3H3. The average Bonchev–Trinajstić information content (AvgIpc) is 3.15. The van der Waals surface area contributed by atoms with E-state index >= 15 is 0 Å². The lowest BCUT2D eigenvalue weighted by molar-refractivity contribution is 0.121. The maximum atomic E-state index is 11.9. The van der Waals surface area contributed by atoms with E-state index < -0.39 is 0 Å². The van der Waals surface area contributed by atoms with Gasteiger partial charge in [-0.25, -0.2) is 4.68 Å². The van der Waals surface area contributed by atoms with Crippen molar-refractivity contribution in [1.29, 1.82) is 0 Å². The number of rotatable bonds is 3. The fraction of sp³-hybridized carbons (Fsp3) is 0.222. The number of fused-ring (bicyclic) bond motifs is 3. The second kappa shape index (κ2) is 5.35. The minimum absolute atomic E-state index is 0.00746. The van der Waals surface area contributed by atoms with Crippen molar-refractivity contribution in [2.24, 2.45) is 14.1 Å². The zero-order valence-electron chi connectivity index (χ0n) is 13.9. The van der Waals surface area contributed by atoms with Crippen molar-refractivity contribution in [2.45, 2.75) is 6.73 Å². The number of ether oxygens (including phenoxy) is 1. The fourth-order valence-electron chi connectivity index (χ4n) is 3.28. The Morgan fingerprint density at radius 1 is 1.04 bits per heavy atom. The second-order valence-corrected chi connectivity index (χ2v) is 5.92. The maximum Gasteiger partial charge on any atom is 0.251 e. The number of aromatic nitrogens is 4. The quantitative estimate of drug-likeness (QED) is 0.582. The summed E-state index contributed by atoms with van der Waals surface area (Å²) in [7, 11) is 5.43. The Balaban J connectivity index is 1.96. The molecule has 0 aliphatic rings. The van der Waals surface area contributed by atoms with Gasteiger partial charge in [0.2, 0.25) is 0 Å². The molecule has 24 heavy (non-hydrogen) atoms. The molecule has 3 heterocycles. The van der Waals surface area contributed by atoms with Crippen LogP contribution in [-0.4, -0.2) is 26.0 Å². The monoisotopic (exact) mass is 322 g/mol. The summed E-state index contributed by atoms with van der Waals surface area (Å²) in [6.45, 7) is 0.429. The van der Waals surface area contributed by atoms with Crippen molar-refractivity contribution >= 4 is 21.9 Å². The predicted molar refractivity (Wildman–Crippen MR) is 93.9 cm³/mol. The van der Waals surface area contributed by atoms with Crippen LogP contribution in [0.4, 0.5) is 0 Å². The highest BCUT2D eigenvalue weighted by atomic mass is 16.5. The van der Waals surface area contributed by atoms with Gasteiger partial charge in [0.25, 0.3) is 5.56 Å². The molecule has 0 aliphatic carbocycles. The summed E-state index contributed by atoms with van der Waals surface area (Å²) in [5.74, 6) is 0. The lowest BCUT2D eigenvalue weighted by Crippen LogP contribution is -2.16. The first-order chi connectivity index (χ1) is 11.6. The van der Waals surface area contributed by atoms with E-state index in [2.05, 4.69) is 27.9 Å². The van der Waals surface area contributed by atoms with Gasteiger partial charge in [0.05, 0.1) is 11.2 Å². The molecule has 0 amide bonds. The first-order valence-corrected chi connectivity index (χ1v) is 7.71. The second-order valence-electron chi connectivity index (χ2n) is 5.92. The summed E-state index contributed by atoms with van der Waals surface area (Å²) in [4.78, 5) is 11.9. The molecule has 4 aromatic rings. The van der Waals surface area contributed by atoms with Crippen LogP contribution in [-0.2, 0) is 25.6 Å². The molecular formula is C18H18N4O2. The third kappa shape index (κ3) is 2.07. The highest BCUT2D eigenvalue weighted by Gasteiger charge is 2.13. The molecule has 0 unspecified atom stereocenters. The van der Waals surface area contributed by atoms with Gasteiger partial charge < -0.3 is 9.30 Å². The van der Waals surface area contributed by atoms with Crippen LogP contribution in [0.2, 0.25) is 0 Å². The SMILES string of the molecule is COCn1ccc(-c2ccc3c(c2)c2ccc(=O)n(C)c2n3C)n1. The van der Waals surface area contributed by atoms with Gasteiger partial charge in [-0.05, 0) is 24.3 Å². The van der Waals surface area contributed by atoms with Crippen LogP contribution < -0.4 is 5.56 Å². The summed E-state index contributed by atoms with van der Waals surface area (Å²) in [6.07, 6.45) is 1.90. The Hall–Kier alpha value is -2.86. The van der Waals surface area contributed by atoms with Crippen molar-refractivity contribution < 1.29 is 4.74 Å². The number of pyridine rings is 1. The van der Waals surface area contributed by atoms with Crippen LogP contribution in [0, 0.1) is 0 Å². The molecule has 0 bridgehead atoms. The molecule has 4 rings (SSSR count).